The summed E-state index contributed by atoms with van der Waals surface area (Å²) in [7, 11) is 0. The molecule has 0 radical (unpaired) electrons. The topological polar surface area (TPSA) is 88.2 Å². The number of carbonyl (C=O) groups excluding carboxylic acids is 1. The van der Waals surface area contributed by atoms with Crippen LogP contribution in [0.25, 0.3) is 11.3 Å². The average Bonchev–Trinajstić information content (AvgIpc) is 3.18. The number of aliphatic hydroxyl groups excluding tert-OH is 1. The van der Waals surface area contributed by atoms with Crippen LogP contribution in [-0.2, 0) is 6.54 Å². The molecule has 1 aromatic carbocycles. The third kappa shape index (κ3) is 4.55. The van der Waals surface area contributed by atoms with Crippen molar-refractivity contribution in [3.05, 3.63) is 71.6 Å². The van der Waals surface area contributed by atoms with Gasteiger partial charge in [-0.05, 0) is 42.3 Å². The fourth-order valence-corrected chi connectivity index (χ4v) is 2.51. The quantitative estimate of drug-likeness (QED) is 0.694. The highest BCUT2D eigenvalue weighted by atomic mass is 19.4. The molecular weight excluding hydrogens is 375 g/mol. The predicted molar refractivity (Wildman–Crippen MR) is 93.1 cm³/mol. The summed E-state index contributed by atoms with van der Waals surface area (Å²) in [4.78, 5) is 20.3. The zero-order chi connectivity index (χ0) is 20.3. The van der Waals surface area contributed by atoms with Crippen LogP contribution in [0.2, 0.25) is 0 Å². The Kier molecular flexibility index (Phi) is 5.46. The van der Waals surface area contributed by atoms with Crippen molar-refractivity contribution < 1.29 is 27.5 Å². The molecule has 3 rings (SSSR count). The summed E-state index contributed by atoms with van der Waals surface area (Å²) in [5.74, 6) is -0.235. The first-order valence-corrected chi connectivity index (χ1v) is 8.22. The molecule has 2 N–H and O–H groups in total. The summed E-state index contributed by atoms with van der Waals surface area (Å²) < 4.78 is 44.0. The Balaban J connectivity index is 1.96. The SMILES string of the molecule is Cc1ccc(-c2cc(C(=O)NCc3cnco3)cc(C(O)C(F)(F)F)c2)nc1. The van der Waals surface area contributed by atoms with Crippen molar-refractivity contribution in [1.82, 2.24) is 15.3 Å². The van der Waals surface area contributed by atoms with Crippen LogP contribution in [0.4, 0.5) is 13.2 Å². The number of nitrogens with one attached hydrogen (secondary N) is 1. The van der Waals surface area contributed by atoms with Crippen molar-refractivity contribution in [2.45, 2.75) is 25.7 Å². The monoisotopic (exact) mass is 391 g/mol. The number of aromatic nitrogens is 2. The van der Waals surface area contributed by atoms with Gasteiger partial charge < -0.3 is 14.8 Å². The van der Waals surface area contributed by atoms with Gasteiger partial charge in [-0.15, -0.1) is 0 Å². The third-order valence-electron chi connectivity index (χ3n) is 3.96. The molecule has 0 spiro atoms. The number of benzene rings is 1. The second-order valence-corrected chi connectivity index (χ2v) is 6.16. The highest BCUT2D eigenvalue weighted by Crippen LogP contribution is 2.34. The number of halogens is 3. The molecule has 1 amide bonds. The molecule has 0 aliphatic heterocycles. The van der Waals surface area contributed by atoms with Gasteiger partial charge in [-0.1, -0.05) is 6.07 Å². The number of carbonyl (C=O) groups is 1. The molecular formula is C19H16F3N3O3. The Labute approximate surface area is 158 Å². The lowest BCUT2D eigenvalue weighted by atomic mass is 9.99. The molecule has 3 aromatic rings. The molecule has 146 valence electrons. The van der Waals surface area contributed by atoms with Crippen molar-refractivity contribution in [1.29, 1.82) is 0 Å². The van der Waals surface area contributed by atoms with Crippen molar-refractivity contribution in [2.75, 3.05) is 0 Å². The molecule has 0 saturated carbocycles. The number of amides is 1. The number of rotatable bonds is 5. The number of alkyl halides is 3. The zero-order valence-electron chi connectivity index (χ0n) is 14.7. The lowest BCUT2D eigenvalue weighted by Gasteiger charge is -2.17. The standard InChI is InChI=1S/C19H16F3N3O3/c1-11-2-3-16(24-7-11)12-4-13(17(26)19(20,21)22)6-14(5-12)18(27)25-9-15-8-23-10-28-15/h2-8,10,17,26H,9H2,1H3,(H,25,27). The van der Waals surface area contributed by atoms with E-state index in [0.717, 1.165) is 11.6 Å². The molecule has 0 aliphatic rings. The molecule has 2 aromatic heterocycles. The molecule has 1 atom stereocenters. The molecule has 6 nitrogen and oxygen atoms in total. The van der Waals surface area contributed by atoms with Crippen LogP contribution in [0.3, 0.4) is 0 Å². The van der Waals surface area contributed by atoms with Gasteiger partial charge in [-0.3, -0.25) is 9.78 Å². The van der Waals surface area contributed by atoms with Crippen LogP contribution in [-0.4, -0.2) is 27.2 Å². The summed E-state index contributed by atoms with van der Waals surface area (Å²) in [6.45, 7) is 1.84. The van der Waals surface area contributed by atoms with Crippen molar-refractivity contribution in [3.63, 3.8) is 0 Å². The van der Waals surface area contributed by atoms with Gasteiger partial charge in [0.15, 0.2) is 12.5 Å². The van der Waals surface area contributed by atoms with Gasteiger partial charge in [-0.25, -0.2) is 4.98 Å². The van der Waals surface area contributed by atoms with Crippen molar-refractivity contribution in [2.24, 2.45) is 0 Å². The highest BCUT2D eigenvalue weighted by molar-refractivity contribution is 5.95. The van der Waals surface area contributed by atoms with E-state index in [1.807, 2.05) is 6.92 Å². The van der Waals surface area contributed by atoms with E-state index in [2.05, 4.69) is 15.3 Å². The average molecular weight is 391 g/mol. The number of aryl methyl sites for hydroxylation is 1. The van der Waals surface area contributed by atoms with Gasteiger partial charge in [0.1, 0.15) is 5.76 Å². The van der Waals surface area contributed by atoms with E-state index >= 15 is 0 Å². The number of hydrogen-bond acceptors (Lipinski definition) is 5. The van der Waals surface area contributed by atoms with Crippen LogP contribution >= 0.6 is 0 Å². The van der Waals surface area contributed by atoms with Crippen LogP contribution in [0.15, 0.2) is 53.5 Å². The molecule has 1 unspecified atom stereocenters. The Morgan fingerprint density at radius 1 is 1.25 bits per heavy atom. The molecule has 0 bridgehead atoms. The maximum absolute atomic E-state index is 13.0. The van der Waals surface area contributed by atoms with E-state index in [9.17, 15) is 23.1 Å². The van der Waals surface area contributed by atoms with Crippen LogP contribution in [0, 0.1) is 6.92 Å². The minimum atomic E-state index is -4.87. The molecule has 0 fully saturated rings. The predicted octanol–water partition coefficient (Wildman–Crippen LogP) is 3.57. The molecule has 28 heavy (non-hydrogen) atoms. The Hall–Kier alpha value is -3.20. The highest BCUT2D eigenvalue weighted by Gasteiger charge is 2.39. The second-order valence-electron chi connectivity index (χ2n) is 6.16. The fraction of sp³-hybridized carbons (Fsp3) is 0.211. The number of oxazole rings is 1. The van der Waals surface area contributed by atoms with E-state index in [-0.39, 0.29) is 17.7 Å². The van der Waals surface area contributed by atoms with Crippen LogP contribution in [0.1, 0.15) is 33.3 Å². The zero-order valence-corrected chi connectivity index (χ0v) is 14.7. The van der Waals surface area contributed by atoms with Gasteiger partial charge in [0, 0.05) is 17.3 Å². The first-order valence-electron chi connectivity index (χ1n) is 8.22. The van der Waals surface area contributed by atoms with Gasteiger partial charge in [-0.2, -0.15) is 13.2 Å². The number of pyridine rings is 1. The smallest absolute Gasteiger partial charge is 0.418 e. The minimum Gasteiger partial charge on any atom is -0.447 e. The fourth-order valence-electron chi connectivity index (χ4n) is 2.51. The van der Waals surface area contributed by atoms with Gasteiger partial charge in [0.05, 0.1) is 18.4 Å². The summed E-state index contributed by atoms with van der Waals surface area (Å²) in [6.07, 6.45) is -3.42. The van der Waals surface area contributed by atoms with E-state index < -0.39 is 23.8 Å². The van der Waals surface area contributed by atoms with E-state index in [0.29, 0.717) is 11.5 Å². The normalized spacial score (nSPS) is 12.6. The third-order valence-corrected chi connectivity index (χ3v) is 3.96. The maximum atomic E-state index is 13.0. The van der Waals surface area contributed by atoms with E-state index in [4.69, 9.17) is 4.42 Å². The van der Waals surface area contributed by atoms with Crippen molar-refractivity contribution >= 4 is 5.91 Å². The Morgan fingerprint density at radius 2 is 2.04 bits per heavy atom. The number of aliphatic hydroxyl groups is 1. The summed E-state index contributed by atoms with van der Waals surface area (Å²) in [5, 5.41) is 12.2. The summed E-state index contributed by atoms with van der Waals surface area (Å²) in [5.41, 5.74) is 1.05. The number of nitrogens with zero attached hydrogens (tertiary/aromatic N) is 2. The summed E-state index contributed by atoms with van der Waals surface area (Å²) >= 11 is 0. The second kappa shape index (κ2) is 7.81. The first kappa shape index (κ1) is 19.6. The Morgan fingerprint density at radius 3 is 2.64 bits per heavy atom. The molecule has 0 aliphatic carbocycles. The summed E-state index contributed by atoms with van der Waals surface area (Å²) in [6, 6.07) is 6.97. The van der Waals surface area contributed by atoms with Crippen LogP contribution < -0.4 is 5.32 Å². The van der Waals surface area contributed by atoms with Gasteiger partial charge >= 0.3 is 6.18 Å². The van der Waals surface area contributed by atoms with Gasteiger partial charge in [0.2, 0.25) is 0 Å². The lowest BCUT2D eigenvalue weighted by molar-refractivity contribution is -0.206. The van der Waals surface area contributed by atoms with Gasteiger partial charge in [0.25, 0.3) is 5.91 Å². The van der Waals surface area contributed by atoms with Crippen LogP contribution in [0.5, 0.6) is 0 Å². The lowest BCUT2D eigenvalue weighted by Crippen LogP contribution is -2.24. The first-order chi connectivity index (χ1) is 13.2. The van der Waals surface area contributed by atoms with E-state index in [1.54, 1.807) is 18.3 Å². The minimum absolute atomic E-state index is 0.0169. The number of hydrogen-bond donors (Lipinski definition) is 2. The molecule has 9 heteroatoms. The largest absolute Gasteiger partial charge is 0.447 e. The maximum Gasteiger partial charge on any atom is 0.418 e. The van der Waals surface area contributed by atoms with Crippen molar-refractivity contribution in [3.8, 4) is 11.3 Å². The Bertz CT molecular complexity index is 955. The molecule has 2 heterocycles. The van der Waals surface area contributed by atoms with E-state index in [1.165, 1.54) is 24.7 Å². The molecule has 0 saturated heterocycles.